The van der Waals surface area contributed by atoms with Crippen LogP contribution < -0.4 is 5.32 Å². The number of carbonyl (C=O) groups excluding carboxylic acids is 1. The molecule has 1 N–H and O–H groups in total. The second kappa shape index (κ2) is 5.09. The van der Waals surface area contributed by atoms with Crippen molar-refractivity contribution in [2.75, 3.05) is 6.54 Å². The molecule has 1 fully saturated rings. The predicted molar refractivity (Wildman–Crippen MR) is 70.2 cm³/mol. The average molecular weight is 249 g/mol. The molecule has 98 valence electrons. The fraction of sp³-hybridized carbons (Fsp3) is 0.533. The van der Waals surface area contributed by atoms with Crippen LogP contribution in [0.4, 0.5) is 4.39 Å². The zero-order valence-corrected chi connectivity index (χ0v) is 11.1. The summed E-state index contributed by atoms with van der Waals surface area (Å²) < 4.78 is 14.0. The van der Waals surface area contributed by atoms with E-state index in [9.17, 15) is 9.18 Å². The third kappa shape index (κ3) is 2.26. The summed E-state index contributed by atoms with van der Waals surface area (Å²) in [4.78, 5) is 12.0. The summed E-state index contributed by atoms with van der Waals surface area (Å²) in [7, 11) is 0. The van der Waals surface area contributed by atoms with E-state index in [0.29, 0.717) is 6.54 Å². The maximum Gasteiger partial charge on any atom is 0.254 e. The van der Waals surface area contributed by atoms with Gasteiger partial charge in [-0.25, -0.2) is 4.39 Å². The number of carbonyl (C=O) groups is 1. The monoisotopic (exact) mass is 249 g/mol. The van der Waals surface area contributed by atoms with Crippen molar-refractivity contribution in [3.05, 3.63) is 35.1 Å². The van der Waals surface area contributed by atoms with E-state index in [1.807, 2.05) is 13.0 Å². The quantitative estimate of drug-likeness (QED) is 0.874. The van der Waals surface area contributed by atoms with Gasteiger partial charge in [0.05, 0.1) is 5.56 Å². The normalized spacial score (nSPS) is 17.7. The minimum atomic E-state index is -0.411. The molecule has 1 aromatic rings. The number of rotatable bonds is 3. The first kappa shape index (κ1) is 13.1. The van der Waals surface area contributed by atoms with Crippen LogP contribution >= 0.6 is 0 Å². The van der Waals surface area contributed by atoms with E-state index in [1.54, 1.807) is 6.07 Å². The van der Waals surface area contributed by atoms with Crippen molar-refractivity contribution in [2.45, 2.75) is 44.9 Å². The van der Waals surface area contributed by atoms with Gasteiger partial charge in [0, 0.05) is 6.54 Å². The number of hydrogen-bond donors (Lipinski definition) is 1. The van der Waals surface area contributed by atoms with Gasteiger partial charge in [-0.15, -0.1) is 0 Å². The molecule has 0 spiro atoms. The summed E-state index contributed by atoms with van der Waals surface area (Å²) in [5.41, 5.74) is 1.05. The Morgan fingerprint density at radius 1 is 1.39 bits per heavy atom. The number of nitrogens with one attached hydrogen (secondary N) is 1. The zero-order valence-electron chi connectivity index (χ0n) is 11.1. The topological polar surface area (TPSA) is 29.1 Å². The van der Waals surface area contributed by atoms with Crippen molar-refractivity contribution in [2.24, 2.45) is 0 Å². The summed E-state index contributed by atoms with van der Waals surface area (Å²) >= 11 is 0. The molecular formula is C15H20FNO. The average Bonchev–Trinajstić information content (AvgIpc) is 2.77. The molecule has 2 rings (SSSR count). The van der Waals surface area contributed by atoms with Crippen LogP contribution in [0.2, 0.25) is 0 Å². The lowest BCUT2D eigenvalue weighted by atomic mass is 9.78. The van der Waals surface area contributed by atoms with E-state index in [4.69, 9.17) is 0 Å². The van der Waals surface area contributed by atoms with Crippen LogP contribution in [-0.4, -0.2) is 12.5 Å². The van der Waals surface area contributed by atoms with Crippen LogP contribution in [0, 0.1) is 5.82 Å². The molecule has 1 aliphatic rings. The Balaban J connectivity index is 2.47. The van der Waals surface area contributed by atoms with Crippen LogP contribution in [0.15, 0.2) is 18.2 Å². The van der Waals surface area contributed by atoms with Crippen molar-refractivity contribution in [1.29, 1.82) is 0 Å². The molecule has 2 nitrogen and oxygen atoms in total. The Hall–Kier alpha value is -1.38. The maximum absolute atomic E-state index is 14.0. The Kier molecular flexibility index (Phi) is 3.69. The highest BCUT2D eigenvalue weighted by Gasteiger charge is 2.34. The summed E-state index contributed by atoms with van der Waals surface area (Å²) in [5, 5.41) is 2.70. The molecule has 0 heterocycles. The second-order valence-electron chi connectivity index (χ2n) is 5.29. The molecular weight excluding hydrogens is 229 g/mol. The lowest BCUT2D eigenvalue weighted by Gasteiger charge is -2.26. The van der Waals surface area contributed by atoms with Crippen LogP contribution in [0.5, 0.6) is 0 Å². The van der Waals surface area contributed by atoms with Crippen LogP contribution in [-0.2, 0) is 5.41 Å². The summed E-state index contributed by atoms with van der Waals surface area (Å²) in [5.74, 6) is -0.703. The second-order valence-corrected chi connectivity index (χ2v) is 5.29. The maximum atomic E-state index is 14.0. The molecule has 0 radical (unpaired) electrons. The van der Waals surface area contributed by atoms with E-state index >= 15 is 0 Å². The number of benzene rings is 1. The Morgan fingerprint density at radius 3 is 2.67 bits per heavy atom. The number of amides is 1. The summed E-state index contributed by atoms with van der Waals surface area (Å²) in [6.07, 6.45) is 4.37. The van der Waals surface area contributed by atoms with E-state index < -0.39 is 5.82 Å². The van der Waals surface area contributed by atoms with Crippen molar-refractivity contribution in [3.63, 3.8) is 0 Å². The molecule has 0 aromatic heterocycles. The van der Waals surface area contributed by atoms with E-state index in [0.717, 1.165) is 31.2 Å². The first-order valence-corrected chi connectivity index (χ1v) is 6.65. The van der Waals surface area contributed by atoms with Gasteiger partial charge in [-0.3, -0.25) is 4.79 Å². The molecule has 0 unspecified atom stereocenters. The predicted octanol–water partition coefficient (Wildman–Crippen LogP) is 3.41. The number of halogens is 1. The fourth-order valence-corrected chi connectivity index (χ4v) is 2.93. The highest BCUT2D eigenvalue weighted by Crippen LogP contribution is 2.42. The molecule has 1 aromatic carbocycles. The van der Waals surface area contributed by atoms with Gasteiger partial charge in [-0.2, -0.15) is 0 Å². The largest absolute Gasteiger partial charge is 0.352 e. The van der Waals surface area contributed by atoms with Crippen molar-refractivity contribution in [1.82, 2.24) is 5.32 Å². The van der Waals surface area contributed by atoms with Crippen molar-refractivity contribution in [3.8, 4) is 0 Å². The molecule has 1 amide bonds. The standard InChI is InChI=1S/C15H20FNO/c1-3-17-14(18)13-11(7-6-8-12(13)16)15(2)9-4-5-10-15/h6-8H,3-5,9-10H2,1-2H3,(H,17,18). The number of hydrogen-bond acceptors (Lipinski definition) is 1. The molecule has 1 saturated carbocycles. The molecule has 1 aliphatic carbocycles. The molecule has 0 bridgehead atoms. The molecule has 0 aliphatic heterocycles. The van der Waals surface area contributed by atoms with Crippen LogP contribution in [0.1, 0.15) is 55.5 Å². The van der Waals surface area contributed by atoms with Crippen LogP contribution in [0.3, 0.4) is 0 Å². The smallest absolute Gasteiger partial charge is 0.254 e. The van der Waals surface area contributed by atoms with Gasteiger partial charge >= 0.3 is 0 Å². The van der Waals surface area contributed by atoms with E-state index in [2.05, 4.69) is 12.2 Å². The fourth-order valence-electron chi connectivity index (χ4n) is 2.93. The zero-order chi connectivity index (χ0) is 13.2. The van der Waals surface area contributed by atoms with Gasteiger partial charge in [0.25, 0.3) is 5.91 Å². The molecule has 0 atom stereocenters. The van der Waals surface area contributed by atoms with E-state index in [-0.39, 0.29) is 16.9 Å². The van der Waals surface area contributed by atoms with E-state index in [1.165, 1.54) is 6.07 Å². The first-order valence-electron chi connectivity index (χ1n) is 6.65. The Labute approximate surface area is 108 Å². The van der Waals surface area contributed by atoms with Crippen LogP contribution in [0.25, 0.3) is 0 Å². The van der Waals surface area contributed by atoms with Gasteiger partial charge in [0.15, 0.2) is 0 Å². The van der Waals surface area contributed by atoms with Gasteiger partial charge < -0.3 is 5.32 Å². The molecule has 0 saturated heterocycles. The third-order valence-corrected chi connectivity index (χ3v) is 3.94. The lowest BCUT2D eigenvalue weighted by molar-refractivity contribution is 0.0949. The molecule has 3 heteroatoms. The summed E-state index contributed by atoms with van der Waals surface area (Å²) in [6.45, 7) is 4.50. The van der Waals surface area contributed by atoms with Gasteiger partial charge in [-0.1, -0.05) is 31.9 Å². The van der Waals surface area contributed by atoms with Gasteiger partial charge in [0.1, 0.15) is 5.82 Å². The SMILES string of the molecule is CCNC(=O)c1c(F)cccc1C1(C)CCCC1. The minimum Gasteiger partial charge on any atom is -0.352 e. The van der Waals surface area contributed by atoms with Gasteiger partial charge in [-0.05, 0) is 36.8 Å². The first-order chi connectivity index (χ1) is 8.58. The summed E-state index contributed by atoms with van der Waals surface area (Å²) in [6, 6.07) is 4.97. The van der Waals surface area contributed by atoms with Gasteiger partial charge in [0.2, 0.25) is 0 Å². The highest BCUT2D eigenvalue weighted by molar-refractivity contribution is 5.96. The third-order valence-electron chi connectivity index (χ3n) is 3.94. The van der Waals surface area contributed by atoms with Crippen molar-refractivity contribution < 1.29 is 9.18 Å². The Bertz CT molecular complexity index is 450. The Morgan fingerprint density at radius 2 is 2.06 bits per heavy atom. The molecule has 18 heavy (non-hydrogen) atoms. The highest BCUT2D eigenvalue weighted by atomic mass is 19.1. The lowest BCUT2D eigenvalue weighted by Crippen LogP contribution is -2.29. The van der Waals surface area contributed by atoms with Crippen molar-refractivity contribution >= 4 is 5.91 Å². The minimum absolute atomic E-state index is 0.0531.